The average Bonchev–Trinajstić information content (AvgIpc) is 2.38. The summed E-state index contributed by atoms with van der Waals surface area (Å²) in [6.45, 7) is 11.2. The zero-order chi connectivity index (χ0) is 12.7. The fourth-order valence-electron chi connectivity index (χ4n) is 2.04. The Labute approximate surface area is 105 Å². The van der Waals surface area contributed by atoms with Crippen LogP contribution >= 0.6 is 0 Å². The normalized spacial score (nSPS) is 14.6. The number of rotatable bonds is 7. The number of nitrogens with zero attached hydrogens (tertiary/aromatic N) is 1. The van der Waals surface area contributed by atoms with Crippen molar-refractivity contribution < 1.29 is 0 Å². The van der Waals surface area contributed by atoms with E-state index in [2.05, 4.69) is 37.5 Å². The first kappa shape index (κ1) is 13.9. The molecule has 0 amide bonds. The highest BCUT2D eigenvalue weighted by molar-refractivity contribution is 5.19. The Balaban J connectivity index is 2.57. The van der Waals surface area contributed by atoms with Gasteiger partial charge in [-0.1, -0.05) is 50.3 Å². The molecule has 0 aliphatic carbocycles. The van der Waals surface area contributed by atoms with E-state index >= 15 is 0 Å². The molecule has 0 bridgehead atoms. The summed E-state index contributed by atoms with van der Waals surface area (Å²) >= 11 is 0. The molecule has 1 rings (SSSR count). The highest BCUT2D eigenvalue weighted by Gasteiger charge is 2.16. The maximum Gasteiger partial charge on any atom is 0.0333 e. The highest BCUT2D eigenvalue weighted by Crippen LogP contribution is 2.19. The van der Waals surface area contributed by atoms with Gasteiger partial charge in [-0.05, 0) is 18.0 Å². The molecule has 0 aromatic heterocycles. The van der Waals surface area contributed by atoms with Crippen molar-refractivity contribution in [2.24, 2.45) is 11.7 Å². The molecule has 2 heteroatoms. The van der Waals surface area contributed by atoms with E-state index in [4.69, 9.17) is 5.73 Å². The SMILES string of the molecule is C=CCN(CC)CC(C)C(N)c1ccccc1. The highest BCUT2D eigenvalue weighted by atomic mass is 15.1. The lowest BCUT2D eigenvalue weighted by Crippen LogP contribution is -2.33. The molecule has 0 saturated carbocycles. The van der Waals surface area contributed by atoms with Gasteiger partial charge in [0.05, 0.1) is 0 Å². The van der Waals surface area contributed by atoms with Gasteiger partial charge in [-0.3, -0.25) is 4.90 Å². The van der Waals surface area contributed by atoms with Crippen molar-refractivity contribution in [3.05, 3.63) is 48.6 Å². The Morgan fingerprint density at radius 3 is 2.53 bits per heavy atom. The summed E-state index contributed by atoms with van der Waals surface area (Å²) in [6.07, 6.45) is 1.95. The third kappa shape index (κ3) is 4.33. The van der Waals surface area contributed by atoms with Crippen LogP contribution in [0.2, 0.25) is 0 Å². The minimum Gasteiger partial charge on any atom is -0.324 e. The molecule has 0 radical (unpaired) electrons. The van der Waals surface area contributed by atoms with E-state index in [1.54, 1.807) is 0 Å². The first-order valence-corrected chi connectivity index (χ1v) is 6.32. The summed E-state index contributed by atoms with van der Waals surface area (Å²) in [4.78, 5) is 2.36. The van der Waals surface area contributed by atoms with E-state index < -0.39 is 0 Å². The molecule has 0 saturated heterocycles. The number of likely N-dealkylation sites (N-methyl/N-ethyl adjacent to an activating group) is 1. The lowest BCUT2D eigenvalue weighted by Gasteiger charge is -2.27. The molecule has 1 aromatic rings. The van der Waals surface area contributed by atoms with Gasteiger partial charge in [-0.15, -0.1) is 6.58 Å². The van der Waals surface area contributed by atoms with Crippen LogP contribution in [0, 0.1) is 5.92 Å². The van der Waals surface area contributed by atoms with Gasteiger partial charge < -0.3 is 5.73 Å². The van der Waals surface area contributed by atoms with Gasteiger partial charge in [0.25, 0.3) is 0 Å². The van der Waals surface area contributed by atoms with Gasteiger partial charge >= 0.3 is 0 Å². The van der Waals surface area contributed by atoms with Gasteiger partial charge in [-0.25, -0.2) is 0 Å². The summed E-state index contributed by atoms with van der Waals surface area (Å²) in [5.74, 6) is 0.442. The molecule has 2 atom stereocenters. The average molecular weight is 232 g/mol. The van der Waals surface area contributed by atoms with Crippen LogP contribution in [0.3, 0.4) is 0 Å². The predicted octanol–water partition coefficient (Wildman–Crippen LogP) is 2.83. The number of nitrogens with two attached hydrogens (primary N) is 1. The third-order valence-corrected chi connectivity index (χ3v) is 3.18. The van der Waals surface area contributed by atoms with Gasteiger partial charge in [-0.2, -0.15) is 0 Å². The van der Waals surface area contributed by atoms with Crippen LogP contribution < -0.4 is 5.73 Å². The third-order valence-electron chi connectivity index (χ3n) is 3.18. The van der Waals surface area contributed by atoms with Crippen LogP contribution in [-0.2, 0) is 0 Å². The van der Waals surface area contributed by atoms with Crippen molar-refractivity contribution >= 4 is 0 Å². The first-order valence-electron chi connectivity index (χ1n) is 6.32. The summed E-state index contributed by atoms with van der Waals surface area (Å²) in [6, 6.07) is 10.4. The van der Waals surface area contributed by atoms with Crippen molar-refractivity contribution in [1.29, 1.82) is 0 Å². The molecule has 2 nitrogen and oxygen atoms in total. The molecule has 94 valence electrons. The van der Waals surface area contributed by atoms with Crippen LogP contribution in [0.15, 0.2) is 43.0 Å². The maximum absolute atomic E-state index is 6.29. The quantitative estimate of drug-likeness (QED) is 0.732. The Kier molecular flexibility index (Phi) is 5.95. The van der Waals surface area contributed by atoms with E-state index in [-0.39, 0.29) is 6.04 Å². The number of hydrogen-bond acceptors (Lipinski definition) is 2. The molecular formula is C15H24N2. The fraction of sp³-hybridized carbons (Fsp3) is 0.467. The van der Waals surface area contributed by atoms with Crippen molar-refractivity contribution in [2.75, 3.05) is 19.6 Å². The van der Waals surface area contributed by atoms with E-state index in [1.807, 2.05) is 24.3 Å². The van der Waals surface area contributed by atoms with Crippen molar-refractivity contribution in [2.45, 2.75) is 19.9 Å². The minimum atomic E-state index is 0.107. The Morgan fingerprint density at radius 2 is 2.00 bits per heavy atom. The molecule has 2 unspecified atom stereocenters. The standard InChI is InChI=1S/C15H24N2/c1-4-11-17(5-2)12-13(3)15(16)14-9-7-6-8-10-14/h4,6-10,13,15H,1,5,11-12,16H2,2-3H3. The molecule has 2 N–H and O–H groups in total. The molecule has 0 aliphatic rings. The zero-order valence-corrected chi connectivity index (χ0v) is 11.0. The predicted molar refractivity (Wildman–Crippen MR) is 74.8 cm³/mol. The van der Waals surface area contributed by atoms with Gasteiger partial charge in [0.2, 0.25) is 0 Å². The Bertz CT molecular complexity index is 321. The van der Waals surface area contributed by atoms with E-state index in [9.17, 15) is 0 Å². The van der Waals surface area contributed by atoms with Crippen molar-refractivity contribution in [3.8, 4) is 0 Å². The van der Waals surface area contributed by atoms with Crippen molar-refractivity contribution in [3.63, 3.8) is 0 Å². The largest absolute Gasteiger partial charge is 0.324 e. The topological polar surface area (TPSA) is 29.3 Å². The van der Waals surface area contributed by atoms with Crippen molar-refractivity contribution in [1.82, 2.24) is 4.90 Å². The lowest BCUT2D eigenvalue weighted by molar-refractivity contribution is 0.253. The molecule has 0 spiro atoms. The van der Waals surface area contributed by atoms with Crippen LogP contribution in [0.5, 0.6) is 0 Å². The van der Waals surface area contributed by atoms with Crippen LogP contribution in [0.25, 0.3) is 0 Å². The van der Waals surface area contributed by atoms with Gasteiger partial charge in [0, 0.05) is 19.1 Å². The second-order valence-electron chi connectivity index (χ2n) is 4.55. The monoisotopic (exact) mass is 232 g/mol. The molecule has 0 aliphatic heterocycles. The molecule has 17 heavy (non-hydrogen) atoms. The van der Waals surface area contributed by atoms with E-state index in [0.717, 1.165) is 19.6 Å². The molecular weight excluding hydrogens is 208 g/mol. The maximum atomic E-state index is 6.29. The number of benzene rings is 1. The first-order chi connectivity index (χ1) is 8.19. The Morgan fingerprint density at radius 1 is 1.35 bits per heavy atom. The molecule has 0 fully saturated rings. The smallest absolute Gasteiger partial charge is 0.0333 e. The number of hydrogen-bond donors (Lipinski definition) is 1. The van der Waals surface area contributed by atoms with Crippen LogP contribution in [-0.4, -0.2) is 24.5 Å². The summed E-state index contributed by atoms with van der Waals surface area (Å²) in [5, 5.41) is 0. The second-order valence-corrected chi connectivity index (χ2v) is 4.55. The van der Waals surface area contributed by atoms with E-state index in [1.165, 1.54) is 5.56 Å². The van der Waals surface area contributed by atoms with Gasteiger partial charge in [0.1, 0.15) is 0 Å². The molecule has 0 heterocycles. The lowest BCUT2D eigenvalue weighted by atomic mass is 9.95. The van der Waals surface area contributed by atoms with Gasteiger partial charge in [0.15, 0.2) is 0 Å². The second kappa shape index (κ2) is 7.25. The zero-order valence-electron chi connectivity index (χ0n) is 11.0. The fourth-order valence-corrected chi connectivity index (χ4v) is 2.04. The van der Waals surface area contributed by atoms with E-state index in [0.29, 0.717) is 5.92 Å². The summed E-state index contributed by atoms with van der Waals surface area (Å²) in [7, 11) is 0. The minimum absolute atomic E-state index is 0.107. The Hall–Kier alpha value is -1.12. The van der Waals surface area contributed by atoms with Crippen LogP contribution in [0.1, 0.15) is 25.5 Å². The summed E-state index contributed by atoms with van der Waals surface area (Å²) < 4.78 is 0. The molecule has 1 aromatic carbocycles. The summed E-state index contributed by atoms with van der Waals surface area (Å²) in [5.41, 5.74) is 7.50. The van der Waals surface area contributed by atoms with Crippen LogP contribution in [0.4, 0.5) is 0 Å².